The highest BCUT2D eigenvalue weighted by Gasteiger charge is 2.30. The number of likely N-dealkylation sites (tertiary alicyclic amines) is 1. The molecule has 3 heterocycles. The monoisotopic (exact) mass is 398 g/mol. The Labute approximate surface area is 167 Å². The highest BCUT2D eigenvalue weighted by molar-refractivity contribution is 7.13. The average molecular weight is 398 g/mol. The van der Waals surface area contributed by atoms with E-state index in [-0.39, 0.29) is 0 Å². The third kappa shape index (κ3) is 4.10. The van der Waals surface area contributed by atoms with Crippen LogP contribution >= 0.6 is 11.3 Å². The van der Waals surface area contributed by atoms with Gasteiger partial charge in [0.15, 0.2) is 0 Å². The van der Waals surface area contributed by atoms with E-state index in [0.717, 1.165) is 40.6 Å². The normalized spacial score (nSPS) is 17.1. The number of carboxylic acids is 1. The molecule has 7 heteroatoms. The lowest BCUT2D eigenvalue weighted by Crippen LogP contribution is -2.35. The highest BCUT2D eigenvalue weighted by Crippen LogP contribution is 2.27. The number of hydrogen-bond acceptors (Lipinski definition) is 6. The number of hydrogen-bond donors (Lipinski definition) is 1. The molecular formula is C21H22N2O4S. The van der Waals surface area contributed by atoms with Crippen molar-refractivity contribution in [2.45, 2.75) is 39.0 Å². The van der Waals surface area contributed by atoms with Gasteiger partial charge in [-0.25, -0.2) is 4.98 Å². The minimum atomic E-state index is -0.743. The summed E-state index contributed by atoms with van der Waals surface area (Å²) >= 11 is 1.59. The van der Waals surface area contributed by atoms with E-state index in [1.54, 1.807) is 11.3 Å². The van der Waals surface area contributed by atoms with Crippen LogP contribution in [0.15, 0.2) is 46.2 Å². The zero-order valence-corrected chi connectivity index (χ0v) is 16.4. The number of aliphatic carboxylic acids is 1. The Kier molecular flexibility index (Phi) is 5.45. The van der Waals surface area contributed by atoms with Gasteiger partial charge in [-0.3, -0.25) is 9.69 Å². The Bertz CT molecular complexity index is 951. The zero-order valence-electron chi connectivity index (χ0n) is 15.6. The van der Waals surface area contributed by atoms with Gasteiger partial charge < -0.3 is 14.3 Å². The van der Waals surface area contributed by atoms with E-state index in [9.17, 15) is 9.90 Å². The Hall–Kier alpha value is -2.64. The number of carboxylic acid groups (broad SMARTS) is 1. The molecule has 0 bridgehead atoms. The molecule has 1 saturated heterocycles. The van der Waals surface area contributed by atoms with E-state index in [0.29, 0.717) is 25.5 Å². The molecule has 28 heavy (non-hydrogen) atoms. The van der Waals surface area contributed by atoms with Gasteiger partial charge in [-0.2, -0.15) is 0 Å². The maximum atomic E-state index is 11.4. The first kappa shape index (κ1) is 18.7. The van der Waals surface area contributed by atoms with Gasteiger partial charge in [0.25, 0.3) is 0 Å². The van der Waals surface area contributed by atoms with Crippen molar-refractivity contribution in [2.24, 2.45) is 0 Å². The van der Waals surface area contributed by atoms with Gasteiger partial charge in [0, 0.05) is 6.54 Å². The second-order valence-electron chi connectivity index (χ2n) is 6.90. The fraction of sp³-hybridized carbons (Fsp3) is 0.333. The second kappa shape index (κ2) is 8.16. The number of carbonyl (C=O) groups is 1. The van der Waals surface area contributed by atoms with E-state index < -0.39 is 12.0 Å². The minimum Gasteiger partial charge on any atom is -0.487 e. The Balaban J connectivity index is 1.41. The topological polar surface area (TPSA) is 75.8 Å². The summed E-state index contributed by atoms with van der Waals surface area (Å²) in [6.45, 7) is 3.63. The van der Waals surface area contributed by atoms with Crippen LogP contribution < -0.4 is 4.74 Å². The Morgan fingerprint density at radius 2 is 2.29 bits per heavy atom. The summed E-state index contributed by atoms with van der Waals surface area (Å²) < 4.78 is 11.7. The number of aromatic nitrogens is 1. The van der Waals surface area contributed by atoms with Crippen molar-refractivity contribution in [3.05, 3.63) is 58.8 Å². The minimum absolute atomic E-state index is 0.325. The molecule has 2 aromatic heterocycles. The number of ether oxygens (including phenoxy) is 1. The number of nitrogens with zero attached hydrogens (tertiary/aromatic N) is 2. The molecule has 1 unspecified atom stereocenters. The number of benzene rings is 1. The molecule has 1 aliphatic heterocycles. The van der Waals surface area contributed by atoms with Gasteiger partial charge in [0.05, 0.1) is 4.88 Å². The molecule has 1 atom stereocenters. The standard InChI is InChI=1S/C21H22N2O4S/c1-14-17(22-20(27-14)19-8-4-10-28-19)13-26-16-6-2-5-15(11-16)12-23-9-3-7-18(23)21(24)25/h2,4-6,8,10-11,18H,3,7,9,12-13H2,1H3,(H,24,25). The van der Waals surface area contributed by atoms with Crippen LogP contribution in [0.1, 0.15) is 29.9 Å². The molecule has 3 aromatic rings. The maximum absolute atomic E-state index is 11.4. The van der Waals surface area contributed by atoms with Gasteiger partial charge in [-0.15, -0.1) is 11.3 Å². The lowest BCUT2D eigenvalue weighted by molar-refractivity contribution is -0.142. The molecule has 1 fully saturated rings. The summed E-state index contributed by atoms with van der Waals surface area (Å²) in [6, 6.07) is 11.4. The van der Waals surface area contributed by atoms with Gasteiger partial charge in [-0.05, 0) is 55.5 Å². The van der Waals surface area contributed by atoms with E-state index >= 15 is 0 Å². The van der Waals surface area contributed by atoms with Gasteiger partial charge in [0.1, 0.15) is 29.9 Å². The molecule has 0 saturated carbocycles. The Morgan fingerprint density at radius 1 is 1.39 bits per heavy atom. The summed E-state index contributed by atoms with van der Waals surface area (Å²) in [5, 5.41) is 11.3. The van der Waals surface area contributed by atoms with Crippen molar-refractivity contribution in [3.63, 3.8) is 0 Å². The smallest absolute Gasteiger partial charge is 0.320 e. The number of oxazole rings is 1. The molecule has 0 amide bonds. The third-order valence-corrected chi connectivity index (χ3v) is 5.79. The second-order valence-corrected chi connectivity index (χ2v) is 7.85. The lowest BCUT2D eigenvalue weighted by atomic mass is 10.1. The first-order chi connectivity index (χ1) is 13.6. The molecule has 0 spiro atoms. The molecular weight excluding hydrogens is 376 g/mol. The SMILES string of the molecule is Cc1oc(-c2cccs2)nc1COc1cccc(CN2CCCC2C(=O)O)c1. The largest absolute Gasteiger partial charge is 0.487 e. The van der Waals surface area contributed by atoms with E-state index in [2.05, 4.69) is 4.98 Å². The fourth-order valence-corrected chi connectivity index (χ4v) is 4.13. The third-order valence-electron chi connectivity index (χ3n) is 4.93. The van der Waals surface area contributed by atoms with Crippen LogP contribution in [0.25, 0.3) is 10.8 Å². The number of thiophene rings is 1. The van der Waals surface area contributed by atoms with Crippen LogP contribution in [-0.4, -0.2) is 33.5 Å². The van der Waals surface area contributed by atoms with Gasteiger partial charge >= 0.3 is 5.97 Å². The van der Waals surface area contributed by atoms with E-state index in [1.165, 1.54) is 0 Å². The summed E-state index contributed by atoms with van der Waals surface area (Å²) in [5.74, 6) is 1.37. The predicted octanol–water partition coefficient (Wildman–Crippen LogP) is 4.34. The van der Waals surface area contributed by atoms with Crippen molar-refractivity contribution in [2.75, 3.05) is 6.54 Å². The lowest BCUT2D eigenvalue weighted by Gasteiger charge is -2.21. The maximum Gasteiger partial charge on any atom is 0.320 e. The van der Waals surface area contributed by atoms with Gasteiger partial charge in [0.2, 0.25) is 5.89 Å². The molecule has 1 aromatic carbocycles. The summed E-state index contributed by atoms with van der Waals surface area (Å²) in [4.78, 5) is 18.9. The van der Waals surface area contributed by atoms with Gasteiger partial charge in [-0.1, -0.05) is 18.2 Å². The molecule has 4 rings (SSSR count). The molecule has 1 aliphatic rings. The summed E-state index contributed by atoms with van der Waals surface area (Å²) in [6.07, 6.45) is 1.63. The van der Waals surface area contributed by atoms with Crippen LogP contribution in [0.2, 0.25) is 0 Å². The quantitative estimate of drug-likeness (QED) is 0.638. The van der Waals surface area contributed by atoms with Crippen LogP contribution in [-0.2, 0) is 17.9 Å². The van der Waals surface area contributed by atoms with Crippen molar-refractivity contribution >= 4 is 17.3 Å². The molecule has 6 nitrogen and oxygen atoms in total. The van der Waals surface area contributed by atoms with Crippen molar-refractivity contribution in [3.8, 4) is 16.5 Å². The zero-order chi connectivity index (χ0) is 19.5. The summed E-state index contributed by atoms with van der Waals surface area (Å²) in [5.41, 5.74) is 1.82. The molecule has 0 aliphatic carbocycles. The van der Waals surface area contributed by atoms with Crippen LogP contribution in [0, 0.1) is 6.92 Å². The molecule has 0 radical (unpaired) electrons. The number of aryl methyl sites for hydroxylation is 1. The summed E-state index contributed by atoms with van der Waals surface area (Å²) in [7, 11) is 0. The fourth-order valence-electron chi connectivity index (χ4n) is 3.48. The van der Waals surface area contributed by atoms with Crippen LogP contribution in [0.4, 0.5) is 0 Å². The number of rotatable bonds is 7. The van der Waals surface area contributed by atoms with E-state index in [1.807, 2.05) is 53.6 Å². The predicted molar refractivity (Wildman–Crippen MR) is 106 cm³/mol. The highest BCUT2D eigenvalue weighted by atomic mass is 32.1. The van der Waals surface area contributed by atoms with Crippen LogP contribution in [0.3, 0.4) is 0 Å². The van der Waals surface area contributed by atoms with Crippen molar-refractivity contribution in [1.29, 1.82) is 0 Å². The average Bonchev–Trinajstić information content (AvgIpc) is 3.41. The van der Waals surface area contributed by atoms with Crippen LogP contribution in [0.5, 0.6) is 5.75 Å². The first-order valence-corrected chi connectivity index (χ1v) is 10.2. The van der Waals surface area contributed by atoms with Crippen molar-refractivity contribution in [1.82, 2.24) is 9.88 Å². The van der Waals surface area contributed by atoms with Crippen molar-refractivity contribution < 1.29 is 19.1 Å². The Morgan fingerprint density at radius 3 is 3.07 bits per heavy atom. The molecule has 1 N–H and O–H groups in total. The van der Waals surface area contributed by atoms with E-state index in [4.69, 9.17) is 9.15 Å². The molecule has 146 valence electrons. The first-order valence-electron chi connectivity index (χ1n) is 9.29.